The van der Waals surface area contributed by atoms with E-state index in [2.05, 4.69) is 15.9 Å². The van der Waals surface area contributed by atoms with Crippen LogP contribution in [0.15, 0.2) is 50.7 Å². The maximum absolute atomic E-state index is 6.07. The summed E-state index contributed by atoms with van der Waals surface area (Å²) >= 11 is 5.14. The van der Waals surface area contributed by atoms with Crippen molar-refractivity contribution in [3.8, 4) is 11.5 Å². The van der Waals surface area contributed by atoms with E-state index in [0.717, 1.165) is 25.8 Å². The average Bonchev–Trinajstić information content (AvgIpc) is 2.42. The number of nitrogen functional groups attached to an aromatic ring is 1. The fourth-order valence-electron chi connectivity index (χ4n) is 1.82. The fraction of sp³-hybridized carbons (Fsp3) is 0.143. The van der Waals surface area contributed by atoms with Crippen molar-refractivity contribution in [2.24, 2.45) is 0 Å². The van der Waals surface area contributed by atoms with Gasteiger partial charge in [-0.3, -0.25) is 0 Å². The van der Waals surface area contributed by atoms with Gasteiger partial charge in [0.15, 0.2) is 11.5 Å². The summed E-state index contributed by atoms with van der Waals surface area (Å²) in [5.41, 5.74) is 6.77. The van der Waals surface area contributed by atoms with Crippen LogP contribution in [-0.2, 0) is 0 Å². The van der Waals surface area contributed by atoms with Gasteiger partial charge in [0, 0.05) is 32.1 Å². The predicted octanol–water partition coefficient (Wildman–Crippen LogP) is 3.95. The average molecular weight is 338 g/mol. The number of hydrogen-bond donors (Lipinski definition) is 1. The molecule has 0 spiro atoms. The lowest BCUT2D eigenvalue weighted by Crippen LogP contribution is -2.15. The Labute approximate surface area is 124 Å². The standard InChI is InChI=1S/C14H12BrNO2S/c15-9-3-1-2-4-13(9)19-14-8-12-11(7-10(14)16)17-5-6-18-12/h1-4,7-8H,5-6,16H2. The molecule has 0 unspecified atom stereocenters. The second-order valence-electron chi connectivity index (χ2n) is 4.07. The molecule has 0 saturated heterocycles. The highest BCUT2D eigenvalue weighted by Gasteiger charge is 2.15. The van der Waals surface area contributed by atoms with E-state index in [1.54, 1.807) is 11.8 Å². The van der Waals surface area contributed by atoms with E-state index in [1.165, 1.54) is 0 Å². The Balaban J connectivity index is 1.95. The maximum Gasteiger partial charge on any atom is 0.163 e. The van der Waals surface area contributed by atoms with E-state index in [9.17, 15) is 0 Å². The maximum atomic E-state index is 6.07. The van der Waals surface area contributed by atoms with Crippen LogP contribution in [0.5, 0.6) is 11.5 Å². The first kappa shape index (κ1) is 12.7. The van der Waals surface area contributed by atoms with E-state index >= 15 is 0 Å². The van der Waals surface area contributed by atoms with Crippen LogP contribution in [0.2, 0.25) is 0 Å². The third kappa shape index (κ3) is 2.67. The summed E-state index contributed by atoms with van der Waals surface area (Å²) in [5.74, 6) is 1.48. The minimum Gasteiger partial charge on any atom is -0.486 e. The molecule has 2 N–H and O–H groups in total. The van der Waals surface area contributed by atoms with Gasteiger partial charge in [0.05, 0.1) is 0 Å². The Bertz CT molecular complexity index is 618. The normalized spacial score (nSPS) is 13.3. The molecule has 0 radical (unpaired) electrons. The second-order valence-corrected chi connectivity index (χ2v) is 6.00. The molecule has 2 aromatic rings. The van der Waals surface area contributed by atoms with Gasteiger partial charge in [-0.15, -0.1) is 0 Å². The van der Waals surface area contributed by atoms with Gasteiger partial charge in [-0.25, -0.2) is 0 Å². The molecule has 0 aromatic heterocycles. The van der Waals surface area contributed by atoms with Crippen LogP contribution in [0.3, 0.4) is 0 Å². The van der Waals surface area contributed by atoms with Gasteiger partial charge < -0.3 is 15.2 Å². The molecule has 19 heavy (non-hydrogen) atoms. The number of anilines is 1. The summed E-state index contributed by atoms with van der Waals surface area (Å²) in [7, 11) is 0. The zero-order chi connectivity index (χ0) is 13.2. The van der Waals surface area contributed by atoms with Crippen LogP contribution in [0, 0.1) is 0 Å². The summed E-state index contributed by atoms with van der Waals surface area (Å²) in [5, 5.41) is 0. The Morgan fingerprint density at radius 1 is 1.00 bits per heavy atom. The molecule has 0 amide bonds. The number of hydrogen-bond acceptors (Lipinski definition) is 4. The van der Waals surface area contributed by atoms with Gasteiger partial charge in [-0.05, 0) is 28.1 Å². The van der Waals surface area contributed by atoms with E-state index in [4.69, 9.17) is 15.2 Å². The number of halogens is 1. The van der Waals surface area contributed by atoms with Gasteiger partial charge in [0.25, 0.3) is 0 Å². The van der Waals surface area contributed by atoms with Crippen LogP contribution in [-0.4, -0.2) is 13.2 Å². The molecule has 0 atom stereocenters. The number of benzene rings is 2. The molecule has 0 aliphatic carbocycles. The molecular formula is C14H12BrNO2S. The number of ether oxygens (including phenoxy) is 2. The van der Waals surface area contributed by atoms with Crippen molar-refractivity contribution in [2.75, 3.05) is 18.9 Å². The van der Waals surface area contributed by atoms with E-state index in [-0.39, 0.29) is 0 Å². The molecule has 2 aromatic carbocycles. The lowest BCUT2D eigenvalue weighted by molar-refractivity contribution is 0.171. The number of rotatable bonds is 2. The highest BCUT2D eigenvalue weighted by atomic mass is 79.9. The van der Waals surface area contributed by atoms with Gasteiger partial charge in [-0.1, -0.05) is 23.9 Å². The number of nitrogens with two attached hydrogens (primary N) is 1. The van der Waals surface area contributed by atoms with Crippen LogP contribution in [0.1, 0.15) is 0 Å². The van der Waals surface area contributed by atoms with Crippen LogP contribution >= 0.6 is 27.7 Å². The summed E-state index contributed by atoms with van der Waals surface area (Å²) < 4.78 is 12.1. The number of fused-ring (bicyclic) bond motifs is 1. The van der Waals surface area contributed by atoms with E-state index in [0.29, 0.717) is 18.9 Å². The molecular weight excluding hydrogens is 326 g/mol. The van der Waals surface area contributed by atoms with Crippen LogP contribution in [0.4, 0.5) is 5.69 Å². The summed E-state index contributed by atoms with van der Waals surface area (Å²) in [4.78, 5) is 2.09. The zero-order valence-electron chi connectivity index (χ0n) is 10.1. The Hall–Kier alpha value is -1.33. The first-order valence-electron chi connectivity index (χ1n) is 5.85. The predicted molar refractivity (Wildman–Crippen MR) is 80.1 cm³/mol. The minimum atomic E-state index is 0.573. The molecule has 98 valence electrons. The SMILES string of the molecule is Nc1cc2c(cc1Sc1ccccc1Br)OCCO2. The molecule has 1 heterocycles. The Morgan fingerprint density at radius 3 is 2.42 bits per heavy atom. The lowest BCUT2D eigenvalue weighted by Gasteiger charge is -2.20. The topological polar surface area (TPSA) is 44.5 Å². The van der Waals surface area contributed by atoms with E-state index < -0.39 is 0 Å². The summed E-state index contributed by atoms with van der Waals surface area (Å²) in [6.45, 7) is 1.15. The molecule has 0 saturated carbocycles. The highest BCUT2D eigenvalue weighted by molar-refractivity contribution is 9.10. The minimum absolute atomic E-state index is 0.573. The summed E-state index contributed by atoms with van der Waals surface area (Å²) in [6, 6.07) is 11.8. The summed E-state index contributed by atoms with van der Waals surface area (Å²) in [6.07, 6.45) is 0. The molecule has 0 fully saturated rings. The van der Waals surface area contributed by atoms with Crippen molar-refractivity contribution >= 4 is 33.4 Å². The quantitative estimate of drug-likeness (QED) is 0.842. The van der Waals surface area contributed by atoms with Crippen molar-refractivity contribution in [1.29, 1.82) is 0 Å². The largest absolute Gasteiger partial charge is 0.486 e. The zero-order valence-corrected chi connectivity index (χ0v) is 12.5. The first-order valence-corrected chi connectivity index (χ1v) is 7.46. The van der Waals surface area contributed by atoms with Gasteiger partial charge in [0.2, 0.25) is 0 Å². The molecule has 1 aliphatic heterocycles. The molecule has 3 rings (SSSR count). The van der Waals surface area contributed by atoms with Crippen LogP contribution < -0.4 is 15.2 Å². The van der Waals surface area contributed by atoms with Crippen molar-refractivity contribution in [2.45, 2.75) is 9.79 Å². The van der Waals surface area contributed by atoms with Gasteiger partial charge >= 0.3 is 0 Å². The van der Waals surface area contributed by atoms with E-state index in [1.807, 2.05) is 36.4 Å². The lowest BCUT2D eigenvalue weighted by atomic mass is 10.2. The highest BCUT2D eigenvalue weighted by Crippen LogP contribution is 2.42. The molecule has 0 bridgehead atoms. The monoisotopic (exact) mass is 337 g/mol. The Kier molecular flexibility index (Phi) is 3.57. The van der Waals surface area contributed by atoms with Gasteiger partial charge in [-0.2, -0.15) is 0 Å². The smallest absolute Gasteiger partial charge is 0.163 e. The molecule has 1 aliphatic rings. The fourth-order valence-corrected chi connectivity index (χ4v) is 3.24. The van der Waals surface area contributed by atoms with Crippen molar-refractivity contribution in [3.05, 3.63) is 40.9 Å². The van der Waals surface area contributed by atoms with Gasteiger partial charge in [0.1, 0.15) is 13.2 Å². The third-order valence-corrected chi connectivity index (χ3v) is 4.83. The molecule has 3 nitrogen and oxygen atoms in total. The van der Waals surface area contributed by atoms with Crippen LogP contribution in [0.25, 0.3) is 0 Å². The van der Waals surface area contributed by atoms with Crippen molar-refractivity contribution in [1.82, 2.24) is 0 Å². The van der Waals surface area contributed by atoms with Crippen molar-refractivity contribution in [3.63, 3.8) is 0 Å². The Morgan fingerprint density at radius 2 is 1.68 bits per heavy atom. The molecule has 5 heteroatoms. The third-order valence-electron chi connectivity index (χ3n) is 2.73. The van der Waals surface area contributed by atoms with Crippen molar-refractivity contribution < 1.29 is 9.47 Å². The first-order chi connectivity index (χ1) is 9.24. The second kappa shape index (κ2) is 5.35.